The molecule has 0 unspecified atom stereocenters. The summed E-state index contributed by atoms with van der Waals surface area (Å²) in [6.07, 6.45) is 0.889. The summed E-state index contributed by atoms with van der Waals surface area (Å²) in [6.45, 7) is 2.90. The van der Waals surface area contributed by atoms with Gasteiger partial charge in [-0.15, -0.1) is 0 Å². The number of nitrogens with zero attached hydrogens (tertiary/aromatic N) is 3. The molecule has 2 amide bonds. The molecular weight excluding hydrogens is 520 g/mol. The minimum absolute atomic E-state index is 0.00988. The smallest absolute Gasteiger partial charge is 0.262 e. The maximum absolute atomic E-state index is 13.3. The molecule has 0 saturated carbocycles. The van der Waals surface area contributed by atoms with Crippen LogP contribution in [0.1, 0.15) is 12.8 Å². The van der Waals surface area contributed by atoms with Crippen LogP contribution in [0.25, 0.3) is 0 Å². The van der Waals surface area contributed by atoms with Gasteiger partial charge < -0.3 is 24.6 Å². The van der Waals surface area contributed by atoms with Gasteiger partial charge in [-0.2, -0.15) is 4.31 Å². The molecule has 3 aliphatic rings. The lowest BCUT2D eigenvalue weighted by molar-refractivity contribution is -0.137. The quantitative estimate of drug-likeness (QED) is 0.611. The fourth-order valence-corrected chi connectivity index (χ4v) is 7.07. The van der Waals surface area contributed by atoms with E-state index >= 15 is 0 Å². The van der Waals surface area contributed by atoms with Crippen molar-refractivity contribution < 1.29 is 27.5 Å². The molecule has 0 aromatic heterocycles. The van der Waals surface area contributed by atoms with E-state index < -0.39 is 10.0 Å². The van der Waals surface area contributed by atoms with Gasteiger partial charge >= 0.3 is 0 Å². The molecule has 10 nitrogen and oxygen atoms in total. The lowest BCUT2D eigenvalue weighted by Gasteiger charge is -2.39. The van der Waals surface area contributed by atoms with Crippen LogP contribution in [0.3, 0.4) is 0 Å². The third kappa shape index (κ3) is 5.07. The molecule has 0 spiro atoms. The first-order valence-corrected chi connectivity index (χ1v) is 14.0. The maximum atomic E-state index is 13.3. The number of fused-ring (bicyclic) bond motifs is 1. The number of sulfonamides is 1. The highest BCUT2D eigenvalue weighted by molar-refractivity contribution is 7.89. The van der Waals surface area contributed by atoms with Gasteiger partial charge in [0.05, 0.1) is 23.5 Å². The largest absolute Gasteiger partial charge is 0.495 e. The molecule has 5 rings (SSSR count). The molecule has 2 aromatic carbocycles. The van der Waals surface area contributed by atoms with Crippen LogP contribution in [-0.4, -0.2) is 82.4 Å². The number of ether oxygens (including phenoxy) is 2. The average molecular weight is 549 g/mol. The van der Waals surface area contributed by atoms with Crippen LogP contribution in [0, 0.1) is 5.92 Å². The van der Waals surface area contributed by atoms with E-state index in [0.717, 1.165) is 11.4 Å². The number of anilines is 2. The van der Waals surface area contributed by atoms with Crippen molar-refractivity contribution in [1.82, 2.24) is 9.21 Å². The molecular formula is C25H29ClN4O6S. The molecule has 0 aliphatic carbocycles. The van der Waals surface area contributed by atoms with Gasteiger partial charge in [-0.3, -0.25) is 9.59 Å². The van der Waals surface area contributed by atoms with Gasteiger partial charge in [0.1, 0.15) is 16.4 Å². The van der Waals surface area contributed by atoms with Gasteiger partial charge in [0, 0.05) is 51.3 Å². The topological polar surface area (TPSA) is 108 Å². The van der Waals surface area contributed by atoms with Crippen molar-refractivity contribution in [1.29, 1.82) is 0 Å². The van der Waals surface area contributed by atoms with Crippen molar-refractivity contribution in [3.63, 3.8) is 0 Å². The summed E-state index contributed by atoms with van der Waals surface area (Å²) >= 11 is 6.28. The minimum atomic E-state index is -3.89. The Labute approximate surface area is 221 Å². The fourth-order valence-electron chi connectivity index (χ4n) is 5.08. The van der Waals surface area contributed by atoms with E-state index in [-0.39, 0.29) is 53.1 Å². The molecule has 0 atom stereocenters. The van der Waals surface area contributed by atoms with Gasteiger partial charge in [-0.05, 0) is 31.0 Å². The SMILES string of the molecule is COc1ccccc1N1CCN(C(=O)C2CCN(S(=O)(=O)c3cc4c(cc3Cl)NC(=O)CO4)CC2)CC1. The van der Waals surface area contributed by atoms with E-state index in [1.54, 1.807) is 7.11 Å². The zero-order valence-corrected chi connectivity index (χ0v) is 22.1. The van der Waals surface area contributed by atoms with Gasteiger partial charge in [-0.1, -0.05) is 23.7 Å². The number of amides is 2. The Kier molecular flexibility index (Phi) is 7.19. The van der Waals surface area contributed by atoms with Crippen LogP contribution in [0.4, 0.5) is 11.4 Å². The number of piperidine rings is 1. The molecule has 1 N–H and O–H groups in total. The number of hydrogen-bond acceptors (Lipinski definition) is 7. The second-order valence-electron chi connectivity index (χ2n) is 9.28. The molecule has 0 radical (unpaired) electrons. The van der Waals surface area contributed by atoms with Gasteiger partial charge in [-0.25, -0.2) is 8.42 Å². The van der Waals surface area contributed by atoms with Crippen LogP contribution in [0.5, 0.6) is 11.5 Å². The highest BCUT2D eigenvalue weighted by atomic mass is 35.5. The number of nitrogens with one attached hydrogen (secondary N) is 1. The molecule has 2 saturated heterocycles. The van der Waals surface area contributed by atoms with Gasteiger partial charge in [0.15, 0.2) is 6.61 Å². The first-order valence-electron chi connectivity index (χ1n) is 12.2. The predicted octanol–water partition coefficient (Wildman–Crippen LogP) is 2.43. The number of hydrogen-bond donors (Lipinski definition) is 1. The predicted molar refractivity (Wildman–Crippen MR) is 139 cm³/mol. The number of carbonyl (C=O) groups excluding carboxylic acids is 2. The number of carbonyl (C=O) groups is 2. The van der Waals surface area contributed by atoms with Crippen molar-refractivity contribution in [2.24, 2.45) is 5.92 Å². The van der Waals surface area contributed by atoms with Crippen molar-refractivity contribution in [3.05, 3.63) is 41.4 Å². The first kappa shape index (κ1) is 25.6. The molecule has 2 fully saturated rings. The molecule has 3 heterocycles. The third-order valence-electron chi connectivity index (χ3n) is 7.11. The van der Waals surface area contributed by atoms with E-state index in [4.69, 9.17) is 21.1 Å². The molecule has 37 heavy (non-hydrogen) atoms. The second-order valence-corrected chi connectivity index (χ2v) is 11.6. The van der Waals surface area contributed by atoms with E-state index in [2.05, 4.69) is 10.2 Å². The number of methoxy groups -OCH3 is 1. The van der Waals surface area contributed by atoms with Crippen molar-refractivity contribution in [3.8, 4) is 11.5 Å². The highest BCUT2D eigenvalue weighted by Gasteiger charge is 2.36. The number of benzene rings is 2. The minimum Gasteiger partial charge on any atom is -0.495 e. The Bertz CT molecular complexity index is 1300. The fraction of sp³-hybridized carbons (Fsp3) is 0.440. The van der Waals surface area contributed by atoms with E-state index in [9.17, 15) is 18.0 Å². The summed E-state index contributed by atoms with van der Waals surface area (Å²) in [5, 5.41) is 2.63. The summed E-state index contributed by atoms with van der Waals surface area (Å²) in [5.41, 5.74) is 1.36. The lowest BCUT2D eigenvalue weighted by Crippen LogP contribution is -2.52. The van der Waals surface area contributed by atoms with Crippen LogP contribution < -0.4 is 19.7 Å². The molecule has 198 valence electrons. The van der Waals surface area contributed by atoms with Crippen LogP contribution in [-0.2, 0) is 19.6 Å². The summed E-state index contributed by atoms with van der Waals surface area (Å²) in [5.74, 6) is 0.604. The normalized spacial score (nSPS) is 19.1. The summed E-state index contributed by atoms with van der Waals surface area (Å²) in [4.78, 5) is 28.8. The third-order valence-corrected chi connectivity index (χ3v) is 9.47. The van der Waals surface area contributed by atoms with Crippen molar-refractivity contribution in [2.75, 3.05) is 63.2 Å². The average Bonchev–Trinajstić information content (AvgIpc) is 2.92. The standard InChI is InChI=1S/C25H29ClN4O6S/c1-35-21-5-3-2-4-20(21)28-10-12-29(13-11-28)25(32)17-6-8-30(9-7-17)37(33,34)23-15-22-19(14-18(23)26)27-24(31)16-36-22/h2-5,14-15,17H,6-13,16H2,1H3,(H,27,31). The molecule has 12 heteroatoms. The Morgan fingerprint density at radius 3 is 2.49 bits per heavy atom. The van der Waals surface area contributed by atoms with Crippen LogP contribution >= 0.6 is 11.6 Å². The van der Waals surface area contributed by atoms with Crippen molar-refractivity contribution in [2.45, 2.75) is 17.7 Å². The Hall–Kier alpha value is -3.02. The summed E-state index contributed by atoms with van der Waals surface area (Å²) in [6, 6.07) is 10.6. The van der Waals surface area contributed by atoms with Crippen LogP contribution in [0.2, 0.25) is 5.02 Å². The monoisotopic (exact) mass is 548 g/mol. The highest BCUT2D eigenvalue weighted by Crippen LogP contribution is 2.38. The lowest BCUT2D eigenvalue weighted by atomic mass is 9.96. The van der Waals surface area contributed by atoms with Gasteiger partial charge in [0.25, 0.3) is 5.91 Å². The van der Waals surface area contributed by atoms with Gasteiger partial charge in [0.2, 0.25) is 15.9 Å². The van der Waals surface area contributed by atoms with E-state index in [1.165, 1.54) is 16.4 Å². The number of para-hydroxylation sites is 2. The Morgan fingerprint density at radius 2 is 1.78 bits per heavy atom. The first-order chi connectivity index (χ1) is 17.8. The summed E-state index contributed by atoms with van der Waals surface area (Å²) in [7, 11) is -2.24. The molecule has 3 aliphatic heterocycles. The second kappa shape index (κ2) is 10.4. The number of piperazine rings is 1. The van der Waals surface area contributed by atoms with Crippen molar-refractivity contribution >= 4 is 44.8 Å². The Morgan fingerprint density at radius 1 is 1.08 bits per heavy atom. The van der Waals surface area contributed by atoms with Crippen LogP contribution in [0.15, 0.2) is 41.3 Å². The van der Waals surface area contributed by atoms with E-state index in [0.29, 0.717) is 44.7 Å². The van der Waals surface area contributed by atoms with E-state index in [1.807, 2.05) is 29.2 Å². The Balaban J connectivity index is 1.19. The zero-order chi connectivity index (χ0) is 26.2. The zero-order valence-electron chi connectivity index (χ0n) is 20.5. The number of halogens is 1. The molecule has 0 bridgehead atoms. The molecule has 2 aromatic rings. The maximum Gasteiger partial charge on any atom is 0.262 e. The number of rotatable bonds is 5. The summed E-state index contributed by atoms with van der Waals surface area (Å²) < 4.78 is 38.9.